The van der Waals surface area contributed by atoms with Gasteiger partial charge in [0.1, 0.15) is 5.75 Å². The lowest BCUT2D eigenvalue weighted by Crippen LogP contribution is -2.12. The molecule has 0 atom stereocenters. The number of carbonyl (C=O) groups is 1. The van der Waals surface area contributed by atoms with E-state index in [1.54, 1.807) is 31.2 Å². The maximum atomic E-state index is 11.7. The third-order valence-electron chi connectivity index (χ3n) is 2.14. The summed E-state index contributed by atoms with van der Waals surface area (Å²) in [4.78, 5) is 11.7. The number of anilines is 1. The highest BCUT2D eigenvalue weighted by atomic mass is 16.5. The molecule has 0 radical (unpaired) electrons. The van der Waals surface area contributed by atoms with Crippen molar-refractivity contribution in [1.82, 2.24) is 10.2 Å². The molecule has 0 aliphatic heterocycles. The second-order valence-electron chi connectivity index (χ2n) is 3.54. The van der Waals surface area contributed by atoms with Crippen LogP contribution in [-0.4, -0.2) is 22.7 Å². The quantitative estimate of drug-likeness (QED) is 0.894. The molecule has 18 heavy (non-hydrogen) atoms. The van der Waals surface area contributed by atoms with Gasteiger partial charge in [0.15, 0.2) is 0 Å². The van der Waals surface area contributed by atoms with Crippen molar-refractivity contribution < 1.29 is 13.9 Å². The first-order valence-corrected chi connectivity index (χ1v) is 5.53. The Balaban J connectivity index is 2.03. The molecule has 0 bridgehead atoms. The molecule has 1 N–H and O–H groups in total. The van der Waals surface area contributed by atoms with Crippen LogP contribution in [-0.2, 0) is 0 Å². The minimum absolute atomic E-state index is 0.0543. The summed E-state index contributed by atoms with van der Waals surface area (Å²) in [6, 6.07) is 7.04. The van der Waals surface area contributed by atoms with Crippen LogP contribution in [0.15, 0.2) is 28.7 Å². The molecule has 94 valence electrons. The zero-order chi connectivity index (χ0) is 13.0. The van der Waals surface area contributed by atoms with Crippen LogP contribution in [0.2, 0.25) is 0 Å². The molecule has 1 aromatic carbocycles. The number of aromatic nitrogens is 2. The number of hydrogen-bond acceptors (Lipinski definition) is 5. The van der Waals surface area contributed by atoms with E-state index in [1.165, 1.54) is 0 Å². The van der Waals surface area contributed by atoms with Crippen molar-refractivity contribution in [2.75, 3.05) is 11.9 Å². The molecular weight excluding hydrogens is 234 g/mol. The van der Waals surface area contributed by atoms with Crippen LogP contribution in [0.3, 0.4) is 0 Å². The fourth-order valence-electron chi connectivity index (χ4n) is 1.37. The first-order valence-electron chi connectivity index (χ1n) is 5.53. The Bertz CT molecular complexity index is 534. The molecule has 0 saturated heterocycles. The van der Waals surface area contributed by atoms with Crippen LogP contribution in [0.1, 0.15) is 23.5 Å². The second-order valence-corrected chi connectivity index (χ2v) is 3.54. The molecule has 0 aliphatic carbocycles. The van der Waals surface area contributed by atoms with Gasteiger partial charge in [-0.3, -0.25) is 4.79 Å². The molecule has 2 rings (SSSR count). The van der Waals surface area contributed by atoms with E-state index in [9.17, 15) is 4.79 Å². The normalized spacial score (nSPS) is 10.1. The van der Waals surface area contributed by atoms with Gasteiger partial charge in [-0.1, -0.05) is 0 Å². The Kier molecular flexibility index (Phi) is 3.57. The number of carbonyl (C=O) groups excluding carboxylic acids is 1. The van der Waals surface area contributed by atoms with Crippen molar-refractivity contribution in [3.8, 4) is 5.75 Å². The molecule has 6 nitrogen and oxygen atoms in total. The number of amides is 1. The van der Waals surface area contributed by atoms with E-state index in [0.717, 1.165) is 5.75 Å². The van der Waals surface area contributed by atoms with Crippen LogP contribution < -0.4 is 10.1 Å². The largest absolute Gasteiger partial charge is 0.494 e. The molecule has 0 aliphatic rings. The molecular formula is C12H13N3O3. The number of aryl methyl sites for hydroxylation is 1. The fourth-order valence-corrected chi connectivity index (χ4v) is 1.37. The van der Waals surface area contributed by atoms with E-state index < -0.39 is 5.91 Å². The summed E-state index contributed by atoms with van der Waals surface area (Å²) in [5, 5.41) is 9.88. The van der Waals surface area contributed by atoms with Gasteiger partial charge in [-0.15, -0.1) is 10.2 Å². The van der Waals surface area contributed by atoms with Gasteiger partial charge >= 0.3 is 11.8 Å². The van der Waals surface area contributed by atoms with Gasteiger partial charge in [-0.2, -0.15) is 0 Å². The Morgan fingerprint density at radius 2 is 2.06 bits per heavy atom. The third kappa shape index (κ3) is 2.85. The van der Waals surface area contributed by atoms with Gasteiger partial charge in [0.2, 0.25) is 5.89 Å². The Hall–Kier alpha value is -2.37. The zero-order valence-electron chi connectivity index (χ0n) is 10.1. The summed E-state index contributed by atoms with van der Waals surface area (Å²) in [5.41, 5.74) is 0.638. The minimum atomic E-state index is -0.431. The number of hydrogen-bond donors (Lipinski definition) is 1. The van der Waals surface area contributed by atoms with Gasteiger partial charge in [-0.25, -0.2) is 0 Å². The number of rotatable bonds is 4. The molecule has 0 spiro atoms. The Labute approximate surface area is 104 Å². The molecule has 1 amide bonds. The highest BCUT2D eigenvalue weighted by Crippen LogP contribution is 2.16. The predicted molar refractivity (Wildman–Crippen MR) is 64.6 cm³/mol. The SMILES string of the molecule is CCOc1ccc(NC(=O)c2nnc(C)o2)cc1. The van der Waals surface area contributed by atoms with Crippen LogP contribution in [0.4, 0.5) is 5.69 Å². The molecule has 2 aromatic rings. The molecule has 6 heteroatoms. The maximum absolute atomic E-state index is 11.7. The first-order chi connectivity index (χ1) is 8.69. The van der Waals surface area contributed by atoms with E-state index in [-0.39, 0.29) is 5.89 Å². The predicted octanol–water partition coefficient (Wildman–Crippen LogP) is 2.03. The summed E-state index contributed by atoms with van der Waals surface area (Å²) >= 11 is 0. The standard InChI is InChI=1S/C12H13N3O3/c1-3-17-10-6-4-9(5-7-10)13-11(16)12-15-14-8(2)18-12/h4-7H,3H2,1-2H3,(H,13,16). The number of ether oxygens (including phenoxy) is 1. The van der Waals surface area contributed by atoms with Gasteiger partial charge in [0, 0.05) is 12.6 Å². The van der Waals surface area contributed by atoms with Crippen molar-refractivity contribution in [2.24, 2.45) is 0 Å². The van der Waals surface area contributed by atoms with Gasteiger partial charge < -0.3 is 14.5 Å². The Morgan fingerprint density at radius 3 is 2.61 bits per heavy atom. The van der Waals surface area contributed by atoms with Crippen molar-refractivity contribution in [2.45, 2.75) is 13.8 Å². The van der Waals surface area contributed by atoms with E-state index in [4.69, 9.17) is 9.15 Å². The maximum Gasteiger partial charge on any atom is 0.313 e. The zero-order valence-corrected chi connectivity index (χ0v) is 10.1. The topological polar surface area (TPSA) is 77.2 Å². The smallest absolute Gasteiger partial charge is 0.313 e. The number of benzene rings is 1. The first kappa shape index (κ1) is 12.1. The van der Waals surface area contributed by atoms with Crippen molar-refractivity contribution in [3.63, 3.8) is 0 Å². The highest BCUT2D eigenvalue weighted by molar-refractivity contribution is 6.00. The van der Waals surface area contributed by atoms with E-state index in [0.29, 0.717) is 18.2 Å². The van der Waals surface area contributed by atoms with Gasteiger partial charge in [0.05, 0.1) is 6.61 Å². The average Bonchev–Trinajstić information content (AvgIpc) is 2.79. The van der Waals surface area contributed by atoms with E-state index in [2.05, 4.69) is 15.5 Å². The second kappa shape index (κ2) is 5.31. The summed E-state index contributed by atoms with van der Waals surface area (Å²) in [7, 11) is 0. The minimum Gasteiger partial charge on any atom is -0.494 e. The summed E-state index contributed by atoms with van der Waals surface area (Å²) in [5.74, 6) is 0.622. The lowest BCUT2D eigenvalue weighted by atomic mass is 10.3. The van der Waals surface area contributed by atoms with Crippen molar-refractivity contribution in [1.29, 1.82) is 0 Å². The van der Waals surface area contributed by atoms with Crippen LogP contribution in [0.25, 0.3) is 0 Å². The molecule has 0 saturated carbocycles. The van der Waals surface area contributed by atoms with Gasteiger partial charge in [0.25, 0.3) is 0 Å². The fraction of sp³-hybridized carbons (Fsp3) is 0.250. The van der Waals surface area contributed by atoms with Crippen molar-refractivity contribution >= 4 is 11.6 Å². The van der Waals surface area contributed by atoms with Gasteiger partial charge in [-0.05, 0) is 31.2 Å². The lowest BCUT2D eigenvalue weighted by Gasteiger charge is -2.05. The number of nitrogens with zero attached hydrogens (tertiary/aromatic N) is 2. The summed E-state index contributed by atoms with van der Waals surface area (Å²) in [6.45, 7) is 4.14. The molecule has 1 aromatic heterocycles. The molecule has 0 unspecified atom stereocenters. The number of nitrogens with one attached hydrogen (secondary N) is 1. The third-order valence-corrected chi connectivity index (χ3v) is 2.14. The average molecular weight is 247 g/mol. The Morgan fingerprint density at radius 1 is 1.33 bits per heavy atom. The van der Waals surface area contributed by atoms with Crippen LogP contribution in [0, 0.1) is 6.92 Å². The molecule has 1 heterocycles. The van der Waals surface area contributed by atoms with Crippen LogP contribution >= 0.6 is 0 Å². The summed E-state index contributed by atoms with van der Waals surface area (Å²) < 4.78 is 10.3. The lowest BCUT2D eigenvalue weighted by molar-refractivity contribution is 0.0989. The summed E-state index contributed by atoms with van der Waals surface area (Å²) in [6.07, 6.45) is 0. The molecule has 0 fully saturated rings. The van der Waals surface area contributed by atoms with E-state index >= 15 is 0 Å². The van der Waals surface area contributed by atoms with Crippen LogP contribution in [0.5, 0.6) is 5.75 Å². The monoisotopic (exact) mass is 247 g/mol. The van der Waals surface area contributed by atoms with Crippen molar-refractivity contribution in [3.05, 3.63) is 36.0 Å². The highest BCUT2D eigenvalue weighted by Gasteiger charge is 2.13. The van der Waals surface area contributed by atoms with E-state index in [1.807, 2.05) is 6.92 Å².